The third-order valence-corrected chi connectivity index (χ3v) is 6.50. The van der Waals surface area contributed by atoms with E-state index in [2.05, 4.69) is 19.7 Å². The molecule has 3 heterocycles. The van der Waals surface area contributed by atoms with Crippen LogP contribution in [-0.4, -0.2) is 90.5 Å². The third kappa shape index (κ3) is 4.79. The first-order chi connectivity index (χ1) is 13.3. The minimum absolute atomic E-state index is 0.314. The van der Waals surface area contributed by atoms with Crippen LogP contribution >= 0.6 is 0 Å². The first-order valence-corrected chi connectivity index (χ1v) is 10.7. The molecule has 0 spiro atoms. The van der Waals surface area contributed by atoms with Gasteiger partial charge in [0.05, 0.1) is 0 Å². The zero-order valence-corrected chi connectivity index (χ0v) is 16.4. The Morgan fingerprint density at radius 3 is 2.37 bits per heavy atom. The van der Waals surface area contributed by atoms with Crippen molar-refractivity contribution in [2.24, 2.45) is 0 Å². The van der Waals surface area contributed by atoms with Crippen LogP contribution < -0.4 is 4.90 Å². The maximum atomic E-state index is 12.6. The summed E-state index contributed by atoms with van der Waals surface area (Å²) in [5.74, 6) is 1.33. The molecule has 0 radical (unpaired) electrons. The van der Waals surface area contributed by atoms with Crippen LogP contribution in [0.1, 0.15) is 32.1 Å². The van der Waals surface area contributed by atoms with Gasteiger partial charge < -0.3 is 14.7 Å². The molecule has 6 nitrogen and oxygen atoms in total. The Balaban J connectivity index is 1.15. The first kappa shape index (κ1) is 18.7. The summed E-state index contributed by atoms with van der Waals surface area (Å²) in [7, 11) is 0. The zero-order valence-electron chi connectivity index (χ0n) is 16.4. The number of piperazine rings is 2. The fourth-order valence-corrected chi connectivity index (χ4v) is 4.76. The normalized spacial score (nSPS) is 23.1. The zero-order chi connectivity index (χ0) is 18.5. The number of anilines is 1. The summed E-state index contributed by atoms with van der Waals surface area (Å²) < 4.78 is 0. The van der Waals surface area contributed by atoms with Crippen molar-refractivity contribution in [1.82, 2.24) is 19.7 Å². The van der Waals surface area contributed by atoms with E-state index >= 15 is 0 Å². The van der Waals surface area contributed by atoms with E-state index < -0.39 is 0 Å². The summed E-state index contributed by atoms with van der Waals surface area (Å²) in [6.07, 6.45) is 8.10. The summed E-state index contributed by atoms with van der Waals surface area (Å²) in [5.41, 5.74) is 0. The van der Waals surface area contributed by atoms with Crippen LogP contribution in [0.15, 0.2) is 24.4 Å². The molecule has 0 bridgehead atoms. The van der Waals surface area contributed by atoms with Crippen molar-refractivity contribution < 1.29 is 4.79 Å². The molecular weight excluding hydrogens is 338 g/mol. The fraction of sp³-hybridized carbons (Fsp3) is 0.714. The maximum Gasteiger partial charge on any atom is 0.223 e. The quantitative estimate of drug-likeness (QED) is 0.788. The van der Waals surface area contributed by atoms with Crippen molar-refractivity contribution in [2.75, 3.05) is 63.8 Å². The molecule has 1 saturated carbocycles. The highest BCUT2D eigenvalue weighted by atomic mass is 16.2. The lowest BCUT2D eigenvalue weighted by atomic mass is 10.1. The SMILES string of the molecule is O=C(CCN1CCN(C2CCCC2)CC1)N1CCN(c2ccccn2)CC1. The van der Waals surface area contributed by atoms with E-state index in [1.807, 2.05) is 29.3 Å². The molecule has 3 aliphatic rings. The Hall–Kier alpha value is -1.66. The Labute approximate surface area is 163 Å². The third-order valence-electron chi connectivity index (χ3n) is 6.50. The number of carbonyl (C=O) groups excluding carboxylic acids is 1. The number of hydrogen-bond donors (Lipinski definition) is 0. The predicted molar refractivity (Wildman–Crippen MR) is 108 cm³/mol. The lowest BCUT2D eigenvalue weighted by Gasteiger charge is -2.38. The number of aromatic nitrogens is 1. The van der Waals surface area contributed by atoms with Crippen molar-refractivity contribution in [3.05, 3.63) is 24.4 Å². The van der Waals surface area contributed by atoms with Crippen molar-refractivity contribution in [3.8, 4) is 0 Å². The van der Waals surface area contributed by atoms with Crippen molar-refractivity contribution >= 4 is 11.7 Å². The number of carbonyl (C=O) groups is 1. The fourth-order valence-electron chi connectivity index (χ4n) is 4.76. The summed E-state index contributed by atoms with van der Waals surface area (Å²) in [4.78, 5) is 26.5. The second-order valence-corrected chi connectivity index (χ2v) is 8.12. The monoisotopic (exact) mass is 371 g/mol. The molecule has 1 aromatic rings. The minimum Gasteiger partial charge on any atom is -0.353 e. The van der Waals surface area contributed by atoms with Gasteiger partial charge in [0, 0.05) is 77.6 Å². The highest BCUT2D eigenvalue weighted by Crippen LogP contribution is 2.24. The summed E-state index contributed by atoms with van der Waals surface area (Å²) >= 11 is 0. The number of pyridine rings is 1. The lowest BCUT2D eigenvalue weighted by Crippen LogP contribution is -2.51. The second kappa shape index (κ2) is 9.02. The molecule has 6 heteroatoms. The molecule has 0 unspecified atom stereocenters. The summed E-state index contributed by atoms with van der Waals surface area (Å²) in [6, 6.07) is 6.84. The highest BCUT2D eigenvalue weighted by molar-refractivity contribution is 5.76. The number of amides is 1. The van der Waals surface area contributed by atoms with Crippen LogP contribution in [0.2, 0.25) is 0 Å². The molecule has 0 aromatic carbocycles. The van der Waals surface area contributed by atoms with Gasteiger partial charge in [0.2, 0.25) is 5.91 Å². The molecule has 1 aliphatic carbocycles. The van der Waals surface area contributed by atoms with Crippen LogP contribution in [-0.2, 0) is 4.79 Å². The van der Waals surface area contributed by atoms with E-state index in [0.717, 1.165) is 57.7 Å². The average molecular weight is 372 g/mol. The number of nitrogens with zero attached hydrogens (tertiary/aromatic N) is 5. The average Bonchev–Trinajstić information content (AvgIpc) is 3.28. The van der Waals surface area contributed by atoms with Crippen molar-refractivity contribution in [3.63, 3.8) is 0 Å². The first-order valence-electron chi connectivity index (χ1n) is 10.7. The van der Waals surface area contributed by atoms with Crippen LogP contribution in [0, 0.1) is 0 Å². The van der Waals surface area contributed by atoms with Gasteiger partial charge >= 0.3 is 0 Å². The molecule has 3 fully saturated rings. The van der Waals surface area contributed by atoms with Gasteiger partial charge in [-0.15, -0.1) is 0 Å². The Morgan fingerprint density at radius 2 is 1.70 bits per heavy atom. The smallest absolute Gasteiger partial charge is 0.223 e. The van der Waals surface area contributed by atoms with E-state index in [1.165, 1.54) is 38.8 Å². The molecule has 0 N–H and O–H groups in total. The summed E-state index contributed by atoms with van der Waals surface area (Å²) in [6.45, 7) is 8.90. The van der Waals surface area contributed by atoms with Gasteiger partial charge in [0.25, 0.3) is 0 Å². The molecule has 1 amide bonds. The molecule has 2 aliphatic heterocycles. The minimum atomic E-state index is 0.314. The molecule has 27 heavy (non-hydrogen) atoms. The standard InChI is InChI=1S/C21H33N5O/c27-21(26-17-15-25(16-18-26)20-7-3-4-9-22-20)8-10-23-11-13-24(14-12-23)19-5-1-2-6-19/h3-4,7,9,19H,1-2,5-6,8,10-18H2. The largest absolute Gasteiger partial charge is 0.353 e. The molecule has 1 aromatic heterocycles. The van der Waals surface area contributed by atoms with Gasteiger partial charge in [-0.2, -0.15) is 0 Å². The molecule has 2 saturated heterocycles. The second-order valence-electron chi connectivity index (χ2n) is 8.12. The Kier molecular flexibility index (Phi) is 6.24. The van der Waals surface area contributed by atoms with Gasteiger partial charge in [-0.1, -0.05) is 18.9 Å². The van der Waals surface area contributed by atoms with Gasteiger partial charge in [0.15, 0.2) is 0 Å². The van der Waals surface area contributed by atoms with E-state index in [4.69, 9.17) is 0 Å². The van der Waals surface area contributed by atoms with Crippen LogP contribution in [0.4, 0.5) is 5.82 Å². The highest BCUT2D eigenvalue weighted by Gasteiger charge is 2.27. The van der Waals surface area contributed by atoms with E-state index in [9.17, 15) is 4.79 Å². The van der Waals surface area contributed by atoms with Crippen molar-refractivity contribution in [1.29, 1.82) is 0 Å². The van der Waals surface area contributed by atoms with Gasteiger partial charge in [-0.05, 0) is 25.0 Å². The molecule has 4 rings (SSSR count). The Bertz CT molecular complexity index is 588. The van der Waals surface area contributed by atoms with E-state index in [-0.39, 0.29) is 0 Å². The molecule has 0 atom stereocenters. The van der Waals surface area contributed by atoms with Gasteiger partial charge in [-0.25, -0.2) is 4.98 Å². The molecular formula is C21H33N5O. The summed E-state index contributed by atoms with van der Waals surface area (Å²) in [5, 5.41) is 0. The van der Waals surface area contributed by atoms with Crippen LogP contribution in [0.25, 0.3) is 0 Å². The van der Waals surface area contributed by atoms with Crippen LogP contribution in [0.5, 0.6) is 0 Å². The van der Waals surface area contributed by atoms with Gasteiger partial charge in [0.1, 0.15) is 5.82 Å². The van der Waals surface area contributed by atoms with E-state index in [0.29, 0.717) is 12.3 Å². The van der Waals surface area contributed by atoms with Crippen LogP contribution in [0.3, 0.4) is 0 Å². The molecule has 148 valence electrons. The predicted octanol–water partition coefficient (Wildman–Crippen LogP) is 1.68. The van der Waals surface area contributed by atoms with Gasteiger partial charge in [-0.3, -0.25) is 9.69 Å². The number of rotatable bonds is 5. The topological polar surface area (TPSA) is 42.9 Å². The lowest BCUT2D eigenvalue weighted by molar-refractivity contribution is -0.132. The van der Waals surface area contributed by atoms with E-state index in [1.54, 1.807) is 0 Å². The van der Waals surface area contributed by atoms with Crippen molar-refractivity contribution in [2.45, 2.75) is 38.1 Å². The maximum absolute atomic E-state index is 12.6. The number of hydrogen-bond acceptors (Lipinski definition) is 5. The Morgan fingerprint density at radius 1 is 0.963 bits per heavy atom.